The molecule has 2 aliphatic carbocycles. The van der Waals surface area contributed by atoms with Crippen LogP contribution in [0.3, 0.4) is 0 Å². The van der Waals surface area contributed by atoms with Crippen molar-refractivity contribution in [1.29, 1.82) is 0 Å². The zero-order chi connectivity index (χ0) is 24.5. The zero-order valence-electron chi connectivity index (χ0n) is 19.4. The molecule has 35 heavy (non-hydrogen) atoms. The van der Waals surface area contributed by atoms with Gasteiger partial charge in [-0.2, -0.15) is 0 Å². The summed E-state index contributed by atoms with van der Waals surface area (Å²) in [6.07, 6.45) is 1.47. The average Bonchev–Trinajstić information content (AvgIpc) is 3.41. The quantitative estimate of drug-likeness (QED) is 0.608. The van der Waals surface area contributed by atoms with Crippen LogP contribution in [0, 0.1) is 5.92 Å². The van der Waals surface area contributed by atoms with Gasteiger partial charge in [0, 0.05) is 24.9 Å². The molecule has 2 aromatic rings. The molecule has 8 nitrogen and oxygen atoms in total. The van der Waals surface area contributed by atoms with Crippen LogP contribution in [-0.4, -0.2) is 64.4 Å². The lowest BCUT2D eigenvalue weighted by Crippen LogP contribution is -2.52. The highest BCUT2D eigenvalue weighted by Gasteiger charge is 2.44. The van der Waals surface area contributed by atoms with Gasteiger partial charge >= 0.3 is 12.1 Å². The molecule has 1 aliphatic heterocycles. The molecule has 2 fully saturated rings. The van der Waals surface area contributed by atoms with Crippen molar-refractivity contribution >= 4 is 18.0 Å². The molecule has 1 saturated carbocycles. The minimum absolute atomic E-state index is 0.00393. The summed E-state index contributed by atoms with van der Waals surface area (Å²) in [5.41, 5.74) is 4.55. The second-order valence-corrected chi connectivity index (χ2v) is 9.70. The van der Waals surface area contributed by atoms with E-state index >= 15 is 0 Å². The number of rotatable bonds is 5. The molecule has 1 saturated heterocycles. The fourth-order valence-electron chi connectivity index (χ4n) is 5.90. The molecule has 0 aromatic heterocycles. The van der Waals surface area contributed by atoms with Crippen molar-refractivity contribution in [3.63, 3.8) is 0 Å². The molecular formula is C27H30N2O6. The lowest BCUT2D eigenvalue weighted by molar-refractivity contribution is -0.150. The van der Waals surface area contributed by atoms with Gasteiger partial charge in [0.15, 0.2) is 0 Å². The smallest absolute Gasteiger partial charge is 0.407 e. The molecule has 0 radical (unpaired) electrons. The number of carbonyl (C=O) groups is 3. The lowest BCUT2D eigenvalue weighted by atomic mass is 9.83. The van der Waals surface area contributed by atoms with Gasteiger partial charge in [-0.3, -0.25) is 4.79 Å². The number of fused-ring (bicyclic) bond motifs is 3. The summed E-state index contributed by atoms with van der Waals surface area (Å²) in [7, 11) is 0. The minimum atomic E-state index is -1.12. The number of alkyl carbamates (subject to hydrolysis) is 1. The van der Waals surface area contributed by atoms with E-state index < -0.39 is 36.2 Å². The fraction of sp³-hybridized carbons (Fsp3) is 0.444. The Morgan fingerprint density at radius 1 is 0.971 bits per heavy atom. The molecule has 2 amide bonds. The van der Waals surface area contributed by atoms with Crippen LogP contribution in [0.15, 0.2) is 48.5 Å². The second-order valence-electron chi connectivity index (χ2n) is 9.70. The van der Waals surface area contributed by atoms with E-state index in [4.69, 9.17) is 4.74 Å². The van der Waals surface area contributed by atoms with E-state index in [1.807, 2.05) is 24.3 Å². The Kier molecular flexibility index (Phi) is 6.47. The van der Waals surface area contributed by atoms with Crippen molar-refractivity contribution in [2.75, 3.05) is 13.2 Å². The Morgan fingerprint density at radius 2 is 1.60 bits per heavy atom. The van der Waals surface area contributed by atoms with Crippen molar-refractivity contribution in [2.24, 2.45) is 5.92 Å². The predicted molar refractivity (Wildman–Crippen MR) is 128 cm³/mol. The number of carbonyl (C=O) groups excluding carboxylic acids is 2. The van der Waals surface area contributed by atoms with E-state index in [-0.39, 0.29) is 31.4 Å². The number of aliphatic hydroxyl groups excluding tert-OH is 1. The topological polar surface area (TPSA) is 116 Å². The standard InChI is InChI=1S/C27H30N2O6/c30-16-13-24(26(32)33)29(14-16)25(31)21-11-5-6-12-23(21)28-27(34)35-15-22-19-9-3-1-7-17(19)18-8-2-4-10-20(18)22/h1-4,7-10,16,21-24,30H,5-6,11-15H2,(H,28,34)(H,32,33). The monoisotopic (exact) mass is 478 g/mol. The molecule has 5 rings (SSSR count). The van der Waals surface area contributed by atoms with Gasteiger partial charge < -0.3 is 25.2 Å². The molecule has 8 heteroatoms. The summed E-state index contributed by atoms with van der Waals surface area (Å²) in [5.74, 6) is -2.03. The molecule has 3 aliphatic rings. The Hall–Kier alpha value is -3.39. The molecule has 4 atom stereocenters. The number of carboxylic acid groups (broad SMARTS) is 1. The molecule has 0 spiro atoms. The predicted octanol–water partition coefficient (Wildman–Crippen LogP) is 3.13. The van der Waals surface area contributed by atoms with Crippen LogP contribution in [0.25, 0.3) is 11.1 Å². The van der Waals surface area contributed by atoms with Crippen molar-refractivity contribution in [2.45, 2.75) is 56.2 Å². The number of hydrogen-bond acceptors (Lipinski definition) is 5. The molecule has 4 unspecified atom stereocenters. The summed E-state index contributed by atoms with van der Waals surface area (Å²) in [4.78, 5) is 38.9. The van der Waals surface area contributed by atoms with Crippen LogP contribution in [0.4, 0.5) is 4.79 Å². The van der Waals surface area contributed by atoms with Gasteiger partial charge in [-0.05, 0) is 35.1 Å². The molecule has 184 valence electrons. The first-order valence-electron chi connectivity index (χ1n) is 12.3. The number of hydrogen-bond donors (Lipinski definition) is 3. The van der Waals surface area contributed by atoms with E-state index in [1.165, 1.54) is 4.90 Å². The number of nitrogens with zero attached hydrogens (tertiary/aromatic N) is 1. The number of β-amino-alcohol motifs (C(OH)–C–C–N with tert-alkyl or cyclic N) is 1. The molecule has 0 bridgehead atoms. The fourth-order valence-corrected chi connectivity index (χ4v) is 5.90. The van der Waals surface area contributed by atoms with Gasteiger partial charge in [0.05, 0.1) is 12.0 Å². The zero-order valence-corrected chi connectivity index (χ0v) is 19.4. The normalized spacial score (nSPS) is 25.6. The van der Waals surface area contributed by atoms with Crippen molar-refractivity contribution in [3.8, 4) is 11.1 Å². The maximum absolute atomic E-state index is 13.3. The second kappa shape index (κ2) is 9.70. The number of nitrogens with one attached hydrogen (secondary N) is 1. The summed E-state index contributed by atoms with van der Waals surface area (Å²) < 4.78 is 5.66. The van der Waals surface area contributed by atoms with Crippen LogP contribution in [-0.2, 0) is 14.3 Å². The summed E-state index contributed by atoms with van der Waals surface area (Å²) in [6, 6.07) is 14.8. The van der Waals surface area contributed by atoms with E-state index in [9.17, 15) is 24.6 Å². The first kappa shape index (κ1) is 23.4. The highest BCUT2D eigenvalue weighted by molar-refractivity contribution is 5.87. The summed E-state index contributed by atoms with van der Waals surface area (Å²) in [5, 5.41) is 22.3. The molecule has 3 N–H and O–H groups in total. The third-order valence-corrected chi connectivity index (χ3v) is 7.58. The van der Waals surface area contributed by atoms with Crippen LogP contribution < -0.4 is 5.32 Å². The van der Waals surface area contributed by atoms with Gasteiger partial charge in [0.25, 0.3) is 0 Å². The van der Waals surface area contributed by atoms with Crippen LogP contribution in [0.5, 0.6) is 0 Å². The van der Waals surface area contributed by atoms with Gasteiger partial charge in [-0.1, -0.05) is 61.4 Å². The van der Waals surface area contributed by atoms with Crippen molar-refractivity contribution in [3.05, 3.63) is 59.7 Å². The van der Waals surface area contributed by atoms with E-state index in [0.29, 0.717) is 12.8 Å². The third kappa shape index (κ3) is 4.50. The summed E-state index contributed by atoms with van der Waals surface area (Å²) >= 11 is 0. The Bertz CT molecular complexity index is 1090. The first-order chi connectivity index (χ1) is 16.9. The highest BCUT2D eigenvalue weighted by Crippen LogP contribution is 2.44. The third-order valence-electron chi connectivity index (χ3n) is 7.58. The lowest BCUT2D eigenvalue weighted by Gasteiger charge is -2.34. The largest absolute Gasteiger partial charge is 0.480 e. The SMILES string of the molecule is O=C(NC1CCCCC1C(=O)N1CC(O)CC1C(=O)O)OCC1c2ccccc2-c2ccccc21. The minimum Gasteiger partial charge on any atom is -0.480 e. The van der Waals surface area contributed by atoms with Crippen molar-refractivity contribution in [1.82, 2.24) is 10.2 Å². The highest BCUT2D eigenvalue weighted by atomic mass is 16.5. The number of aliphatic carboxylic acids is 1. The number of carboxylic acids is 1. The van der Waals surface area contributed by atoms with Gasteiger partial charge in [-0.25, -0.2) is 9.59 Å². The number of aliphatic hydroxyl groups is 1. The number of benzene rings is 2. The average molecular weight is 479 g/mol. The maximum atomic E-state index is 13.3. The van der Waals surface area contributed by atoms with Crippen molar-refractivity contribution < 1.29 is 29.3 Å². The van der Waals surface area contributed by atoms with E-state index in [2.05, 4.69) is 29.6 Å². The molecule has 1 heterocycles. The number of ether oxygens (including phenoxy) is 1. The Morgan fingerprint density at radius 3 is 2.26 bits per heavy atom. The first-order valence-corrected chi connectivity index (χ1v) is 12.3. The maximum Gasteiger partial charge on any atom is 0.407 e. The molecular weight excluding hydrogens is 448 g/mol. The Balaban J connectivity index is 1.25. The summed E-state index contributed by atoms with van der Waals surface area (Å²) in [6.45, 7) is 0.189. The van der Waals surface area contributed by atoms with Crippen LogP contribution >= 0.6 is 0 Å². The van der Waals surface area contributed by atoms with E-state index in [0.717, 1.165) is 35.1 Å². The van der Waals surface area contributed by atoms with Crippen LogP contribution in [0.2, 0.25) is 0 Å². The van der Waals surface area contributed by atoms with Gasteiger partial charge in [0.1, 0.15) is 12.6 Å². The number of likely N-dealkylation sites (tertiary alicyclic amines) is 1. The van der Waals surface area contributed by atoms with E-state index in [1.54, 1.807) is 0 Å². The van der Waals surface area contributed by atoms with Gasteiger partial charge in [-0.15, -0.1) is 0 Å². The number of amides is 2. The Labute approximate surface area is 203 Å². The molecule has 2 aromatic carbocycles. The van der Waals surface area contributed by atoms with Gasteiger partial charge in [0.2, 0.25) is 5.91 Å². The van der Waals surface area contributed by atoms with Crippen LogP contribution in [0.1, 0.15) is 49.1 Å².